The fraction of sp³-hybridized carbons (Fsp3) is 0.526. The molecule has 0 radical (unpaired) electrons. The third kappa shape index (κ3) is 4.81. The standard InChI is InChI=1S/C19H25NO5/c1-5-14-15(21)11-20(18(23)25-19(2,3)4)16(14)17(22)24-12-13-9-7-6-8-10-13/h6-10,14,16H,5,11-12H2,1-4H3/t14?,16-/m0/s1. The molecule has 1 aliphatic rings. The number of carbonyl (C=O) groups is 3. The quantitative estimate of drug-likeness (QED) is 0.783. The first-order valence-corrected chi connectivity index (χ1v) is 8.46. The zero-order chi connectivity index (χ0) is 18.6. The molecule has 0 N–H and O–H groups in total. The summed E-state index contributed by atoms with van der Waals surface area (Å²) in [5.74, 6) is -1.28. The van der Waals surface area contributed by atoms with Crippen LogP contribution in [0.1, 0.15) is 39.7 Å². The van der Waals surface area contributed by atoms with E-state index in [9.17, 15) is 14.4 Å². The van der Waals surface area contributed by atoms with Gasteiger partial charge in [-0.15, -0.1) is 0 Å². The largest absolute Gasteiger partial charge is 0.459 e. The van der Waals surface area contributed by atoms with Gasteiger partial charge < -0.3 is 9.47 Å². The predicted molar refractivity (Wildman–Crippen MR) is 91.8 cm³/mol. The summed E-state index contributed by atoms with van der Waals surface area (Å²) >= 11 is 0. The molecule has 1 saturated heterocycles. The lowest BCUT2D eigenvalue weighted by molar-refractivity contribution is -0.152. The Labute approximate surface area is 148 Å². The number of nitrogens with zero attached hydrogens (tertiary/aromatic N) is 1. The minimum atomic E-state index is -0.934. The summed E-state index contributed by atoms with van der Waals surface area (Å²) in [6.45, 7) is 7.01. The third-order valence-corrected chi connectivity index (χ3v) is 3.99. The molecule has 1 fully saturated rings. The summed E-state index contributed by atoms with van der Waals surface area (Å²) in [6.07, 6.45) is -0.207. The van der Waals surface area contributed by atoms with Gasteiger partial charge in [0.1, 0.15) is 18.2 Å². The second-order valence-electron chi connectivity index (χ2n) is 7.13. The van der Waals surface area contributed by atoms with Crippen LogP contribution in [-0.2, 0) is 25.7 Å². The summed E-state index contributed by atoms with van der Waals surface area (Å²) in [7, 11) is 0. The molecule has 0 aliphatic carbocycles. The van der Waals surface area contributed by atoms with Crippen molar-refractivity contribution in [3.05, 3.63) is 35.9 Å². The number of esters is 1. The van der Waals surface area contributed by atoms with Crippen LogP contribution in [0, 0.1) is 5.92 Å². The summed E-state index contributed by atoms with van der Waals surface area (Å²) in [4.78, 5) is 38.4. The van der Waals surface area contributed by atoms with E-state index in [4.69, 9.17) is 9.47 Å². The lowest BCUT2D eigenvalue weighted by Crippen LogP contribution is -2.46. The maximum absolute atomic E-state index is 12.6. The Morgan fingerprint density at radius 2 is 1.84 bits per heavy atom. The van der Waals surface area contributed by atoms with Crippen molar-refractivity contribution in [1.82, 2.24) is 4.90 Å². The molecule has 1 aromatic carbocycles. The monoisotopic (exact) mass is 347 g/mol. The number of benzene rings is 1. The van der Waals surface area contributed by atoms with Crippen molar-refractivity contribution in [1.29, 1.82) is 0 Å². The average Bonchev–Trinajstić information content (AvgIpc) is 2.88. The van der Waals surface area contributed by atoms with Crippen molar-refractivity contribution < 1.29 is 23.9 Å². The Morgan fingerprint density at radius 3 is 2.40 bits per heavy atom. The third-order valence-electron chi connectivity index (χ3n) is 3.99. The zero-order valence-electron chi connectivity index (χ0n) is 15.2. The van der Waals surface area contributed by atoms with E-state index in [1.54, 1.807) is 20.8 Å². The summed E-state index contributed by atoms with van der Waals surface area (Å²) < 4.78 is 10.7. The fourth-order valence-electron chi connectivity index (χ4n) is 2.83. The smallest absolute Gasteiger partial charge is 0.411 e. The lowest BCUT2D eigenvalue weighted by Gasteiger charge is -2.28. The predicted octanol–water partition coefficient (Wildman–Crippen LogP) is 2.94. The first-order valence-electron chi connectivity index (χ1n) is 8.46. The molecule has 1 amide bonds. The van der Waals surface area contributed by atoms with E-state index in [0.29, 0.717) is 6.42 Å². The van der Waals surface area contributed by atoms with Crippen LogP contribution >= 0.6 is 0 Å². The highest BCUT2D eigenvalue weighted by Gasteiger charge is 2.48. The van der Waals surface area contributed by atoms with Gasteiger partial charge in [0.05, 0.1) is 12.5 Å². The second kappa shape index (κ2) is 7.68. The molecule has 1 aliphatic heterocycles. The van der Waals surface area contributed by atoms with Crippen molar-refractivity contribution in [3.63, 3.8) is 0 Å². The molecule has 1 unspecified atom stereocenters. The molecule has 2 rings (SSSR count). The lowest BCUT2D eigenvalue weighted by atomic mass is 9.96. The maximum atomic E-state index is 12.6. The number of likely N-dealkylation sites (tertiary alicyclic amines) is 1. The Bertz CT molecular complexity index is 635. The highest BCUT2D eigenvalue weighted by Crippen LogP contribution is 2.27. The van der Waals surface area contributed by atoms with E-state index in [1.807, 2.05) is 37.3 Å². The van der Waals surface area contributed by atoms with Crippen LogP contribution < -0.4 is 0 Å². The van der Waals surface area contributed by atoms with Gasteiger partial charge in [-0.1, -0.05) is 37.3 Å². The van der Waals surface area contributed by atoms with Gasteiger partial charge in [0.15, 0.2) is 5.78 Å². The molecule has 136 valence electrons. The van der Waals surface area contributed by atoms with E-state index in [0.717, 1.165) is 5.56 Å². The molecule has 6 heteroatoms. The first kappa shape index (κ1) is 19.0. The summed E-state index contributed by atoms with van der Waals surface area (Å²) in [5.41, 5.74) is 0.139. The van der Waals surface area contributed by atoms with Crippen LogP contribution in [0.5, 0.6) is 0 Å². The Hall–Kier alpha value is -2.37. The van der Waals surface area contributed by atoms with Crippen LogP contribution in [0.15, 0.2) is 30.3 Å². The van der Waals surface area contributed by atoms with Crippen molar-refractivity contribution in [3.8, 4) is 0 Å². The van der Waals surface area contributed by atoms with Gasteiger partial charge in [0, 0.05) is 0 Å². The number of hydrogen-bond acceptors (Lipinski definition) is 5. The van der Waals surface area contributed by atoms with E-state index in [1.165, 1.54) is 4.90 Å². The van der Waals surface area contributed by atoms with Crippen molar-refractivity contribution in [2.75, 3.05) is 6.54 Å². The van der Waals surface area contributed by atoms with Crippen LogP contribution in [0.2, 0.25) is 0 Å². The molecule has 1 heterocycles. The van der Waals surface area contributed by atoms with E-state index >= 15 is 0 Å². The molecule has 0 bridgehead atoms. The topological polar surface area (TPSA) is 72.9 Å². The first-order chi connectivity index (χ1) is 11.7. The highest BCUT2D eigenvalue weighted by molar-refractivity contribution is 5.97. The van der Waals surface area contributed by atoms with Crippen LogP contribution in [0.4, 0.5) is 4.79 Å². The van der Waals surface area contributed by atoms with Crippen molar-refractivity contribution in [2.45, 2.75) is 52.4 Å². The number of amides is 1. The van der Waals surface area contributed by atoms with Crippen molar-refractivity contribution >= 4 is 17.8 Å². The highest BCUT2D eigenvalue weighted by atomic mass is 16.6. The van der Waals surface area contributed by atoms with Crippen LogP contribution in [-0.4, -0.2) is 40.9 Å². The molecular weight excluding hydrogens is 322 g/mol. The number of Topliss-reactive ketones (excluding diaryl/α,β-unsaturated/α-hetero) is 1. The Morgan fingerprint density at radius 1 is 1.20 bits per heavy atom. The van der Waals surface area contributed by atoms with Gasteiger partial charge in [-0.25, -0.2) is 9.59 Å². The summed E-state index contributed by atoms with van der Waals surface area (Å²) in [6, 6.07) is 8.33. The molecular formula is C19H25NO5. The molecule has 6 nitrogen and oxygen atoms in total. The number of carbonyl (C=O) groups excluding carboxylic acids is 3. The minimum absolute atomic E-state index is 0.100. The van der Waals surface area contributed by atoms with Crippen molar-refractivity contribution in [2.24, 2.45) is 5.92 Å². The fourth-order valence-corrected chi connectivity index (χ4v) is 2.83. The van der Waals surface area contributed by atoms with Crippen LogP contribution in [0.25, 0.3) is 0 Å². The number of ketones is 1. The zero-order valence-corrected chi connectivity index (χ0v) is 15.2. The number of ether oxygens (including phenoxy) is 2. The molecule has 1 aromatic rings. The van der Waals surface area contributed by atoms with E-state index in [2.05, 4.69) is 0 Å². The average molecular weight is 347 g/mol. The normalized spacial score (nSPS) is 20.5. The van der Waals surface area contributed by atoms with E-state index in [-0.39, 0.29) is 18.9 Å². The SMILES string of the molecule is CCC1C(=O)CN(C(=O)OC(C)(C)C)[C@@H]1C(=O)OCc1ccccc1. The van der Waals surface area contributed by atoms with Gasteiger partial charge in [-0.3, -0.25) is 9.69 Å². The van der Waals surface area contributed by atoms with Gasteiger partial charge in [-0.2, -0.15) is 0 Å². The summed E-state index contributed by atoms with van der Waals surface area (Å²) in [5, 5.41) is 0. The van der Waals surface area contributed by atoms with E-state index < -0.39 is 29.6 Å². The minimum Gasteiger partial charge on any atom is -0.459 e. The maximum Gasteiger partial charge on any atom is 0.411 e. The van der Waals surface area contributed by atoms with Gasteiger partial charge in [0.2, 0.25) is 0 Å². The van der Waals surface area contributed by atoms with Gasteiger partial charge in [-0.05, 0) is 32.8 Å². The van der Waals surface area contributed by atoms with Gasteiger partial charge in [0.25, 0.3) is 0 Å². The number of rotatable bonds is 4. The van der Waals surface area contributed by atoms with Crippen LogP contribution in [0.3, 0.4) is 0 Å². The molecule has 2 atom stereocenters. The molecule has 25 heavy (non-hydrogen) atoms. The van der Waals surface area contributed by atoms with Gasteiger partial charge >= 0.3 is 12.1 Å². The Balaban J connectivity index is 2.12. The number of hydrogen-bond donors (Lipinski definition) is 0. The Kier molecular flexibility index (Phi) is 5.82. The second-order valence-corrected chi connectivity index (χ2v) is 7.13. The molecule has 0 saturated carbocycles. The molecule has 0 aromatic heterocycles. The molecule has 0 spiro atoms.